The molecule has 0 radical (unpaired) electrons. The van der Waals surface area contributed by atoms with Crippen LogP contribution in [0.4, 0.5) is 11.4 Å². The van der Waals surface area contributed by atoms with E-state index in [0.29, 0.717) is 30.5 Å². The first-order chi connectivity index (χ1) is 14.6. The van der Waals surface area contributed by atoms with Crippen LogP contribution in [0.2, 0.25) is 0 Å². The van der Waals surface area contributed by atoms with Gasteiger partial charge in [-0.3, -0.25) is 14.9 Å². The van der Waals surface area contributed by atoms with Gasteiger partial charge in [-0.25, -0.2) is 0 Å². The second-order valence-electron chi connectivity index (χ2n) is 7.91. The summed E-state index contributed by atoms with van der Waals surface area (Å²) in [4.78, 5) is 25.5. The average molecular weight is 411 g/mol. The van der Waals surface area contributed by atoms with Gasteiger partial charge in [0, 0.05) is 17.7 Å². The van der Waals surface area contributed by atoms with Gasteiger partial charge < -0.3 is 20.3 Å². The lowest BCUT2D eigenvalue weighted by Crippen LogP contribution is -3.14. The Labute approximate surface area is 175 Å². The molecule has 0 bridgehead atoms. The molecule has 1 amide bonds. The SMILES string of the molecule is O=C(N[C@@H](C[NH+]1CCOCC1)c1ccccc1)c1ccc(NC2CC2)c([N+](=O)[O-])c1. The van der Waals surface area contributed by atoms with Gasteiger partial charge in [0.1, 0.15) is 31.4 Å². The Bertz CT molecular complexity index is 895. The van der Waals surface area contributed by atoms with E-state index < -0.39 is 4.92 Å². The van der Waals surface area contributed by atoms with E-state index in [2.05, 4.69) is 10.6 Å². The van der Waals surface area contributed by atoms with Crippen LogP contribution in [0.25, 0.3) is 0 Å². The lowest BCUT2D eigenvalue weighted by atomic mass is 10.0. The van der Waals surface area contributed by atoms with Crippen LogP contribution < -0.4 is 15.5 Å². The lowest BCUT2D eigenvalue weighted by Gasteiger charge is -2.28. The summed E-state index contributed by atoms with van der Waals surface area (Å²) in [5.41, 5.74) is 1.72. The second-order valence-corrected chi connectivity index (χ2v) is 7.91. The molecule has 1 aliphatic heterocycles. The number of morpholine rings is 1. The number of quaternary nitrogens is 1. The van der Waals surface area contributed by atoms with E-state index in [9.17, 15) is 14.9 Å². The topological polar surface area (TPSA) is 97.9 Å². The first-order valence-electron chi connectivity index (χ1n) is 10.4. The molecule has 30 heavy (non-hydrogen) atoms. The van der Waals surface area contributed by atoms with Crippen molar-refractivity contribution in [2.75, 3.05) is 38.2 Å². The van der Waals surface area contributed by atoms with Gasteiger partial charge in [-0.05, 0) is 30.5 Å². The standard InChI is InChI=1S/C22H26N4O4/c27-22(17-6-9-19(23-18-7-8-18)21(14-17)26(28)29)24-20(16-4-2-1-3-5-16)15-25-10-12-30-13-11-25/h1-6,9,14,18,20,23H,7-8,10-13,15H2,(H,24,27)/p+1/t20-/m0/s1. The zero-order chi connectivity index (χ0) is 20.9. The van der Waals surface area contributed by atoms with Gasteiger partial charge in [-0.15, -0.1) is 0 Å². The smallest absolute Gasteiger partial charge is 0.293 e. The molecule has 158 valence electrons. The highest BCUT2D eigenvalue weighted by molar-refractivity contribution is 5.96. The van der Waals surface area contributed by atoms with Crippen molar-refractivity contribution in [3.05, 3.63) is 69.8 Å². The zero-order valence-electron chi connectivity index (χ0n) is 16.8. The predicted molar refractivity (Wildman–Crippen MR) is 113 cm³/mol. The van der Waals surface area contributed by atoms with Gasteiger partial charge in [-0.2, -0.15) is 0 Å². The minimum absolute atomic E-state index is 0.0652. The molecule has 2 aromatic carbocycles. The zero-order valence-corrected chi connectivity index (χ0v) is 16.8. The molecule has 1 atom stereocenters. The molecule has 3 N–H and O–H groups in total. The number of nitro benzene ring substituents is 1. The molecule has 2 aromatic rings. The Morgan fingerprint density at radius 3 is 2.57 bits per heavy atom. The quantitative estimate of drug-likeness (QED) is 0.452. The maximum Gasteiger partial charge on any atom is 0.293 e. The molecular formula is C22H27N4O4+. The molecule has 2 fully saturated rings. The van der Waals surface area contributed by atoms with Crippen LogP contribution in [0.5, 0.6) is 0 Å². The number of nitrogens with one attached hydrogen (secondary N) is 3. The maximum absolute atomic E-state index is 13.0. The van der Waals surface area contributed by atoms with Crippen molar-refractivity contribution < 1.29 is 19.4 Å². The fraction of sp³-hybridized carbons (Fsp3) is 0.409. The van der Waals surface area contributed by atoms with Crippen LogP contribution in [0.15, 0.2) is 48.5 Å². The average Bonchev–Trinajstić information content (AvgIpc) is 3.59. The maximum atomic E-state index is 13.0. The first kappa shape index (κ1) is 20.3. The molecule has 1 heterocycles. The minimum Gasteiger partial charge on any atom is -0.377 e. The summed E-state index contributed by atoms with van der Waals surface area (Å²) in [6.45, 7) is 3.96. The number of benzene rings is 2. The molecule has 8 heteroatoms. The first-order valence-corrected chi connectivity index (χ1v) is 10.4. The number of carbonyl (C=O) groups excluding carboxylic acids is 1. The molecule has 0 aromatic heterocycles. The molecule has 0 unspecified atom stereocenters. The summed E-state index contributed by atoms with van der Waals surface area (Å²) >= 11 is 0. The van der Waals surface area contributed by atoms with Crippen LogP contribution >= 0.6 is 0 Å². The van der Waals surface area contributed by atoms with Crippen LogP contribution in [-0.2, 0) is 4.74 Å². The molecule has 2 aliphatic rings. The predicted octanol–water partition coefficient (Wildman–Crippen LogP) is 1.56. The number of hydrogen-bond acceptors (Lipinski definition) is 5. The van der Waals surface area contributed by atoms with E-state index in [1.54, 1.807) is 12.1 Å². The van der Waals surface area contributed by atoms with E-state index in [0.717, 1.165) is 38.0 Å². The summed E-state index contributed by atoms with van der Waals surface area (Å²) in [5, 5.41) is 17.8. The molecule has 0 spiro atoms. The normalized spacial score (nSPS) is 17.9. The number of amides is 1. The van der Waals surface area contributed by atoms with E-state index >= 15 is 0 Å². The summed E-state index contributed by atoms with van der Waals surface area (Å²) in [5.74, 6) is -0.308. The van der Waals surface area contributed by atoms with Crippen LogP contribution in [0, 0.1) is 10.1 Å². The Morgan fingerprint density at radius 1 is 1.17 bits per heavy atom. The van der Waals surface area contributed by atoms with E-state index in [1.807, 2.05) is 30.3 Å². The van der Waals surface area contributed by atoms with Crippen molar-refractivity contribution >= 4 is 17.3 Å². The van der Waals surface area contributed by atoms with Crippen molar-refractivity contribution in [3.8, 4) is 0 Å². The Kier molecular flexibility index (Phi) is 6.25. The van der Waals surface area contributed by atoms with E-state index in [1.165, 1.54) is 11.0 Å². The summed E-state index contributed by atoms with van der Waals surface area (Å²) in [7, 11) is 0. The van der Waals surface area contributed by atoms with Gasteiger partial charge in [0.15, 0.2) is 0 Å². The number of nitrogens with zero attached hydrogens (tertiary/aromatic N) is 1. The highest BCUT2D eigenvalue weighted by Crippen LogP contribution is 2.31. The van der Waals surface area contributed by atoms with Crippen molar-refractivity contribution in [3.63, 3.8) is 0 Å². The number of rotatable bonds is 8. The molecule has 8 nitrogen and oxygen atoms in total. The Hall–Kier alpha value is -2.97. The van der Waals surface area contributed by atoms with Gasteiger partial charge in [0.05, 0.1) is 18.1 Å². The number of carbonyl (C=O) groups is 1. The third-order valence-corrected chi connectivity index (χ3v) is 5.59. The van der Waals surface area contributed by atoms with E-state index in [-0.39, 0.29) is 17.6 Å². The van der Waals surface area contributed by atoms with Crippen molar-refractivity contribution in [1.82, 2.24) is 5.32 Å². The number of ether oxygens (including phenoxy) is 1. The van der Waals surface area contributed by atoms with E-state index in [4.69, 9.17) is 4.74 Å². The third kappa shape index (κ3) is 5.14. The van der Waals surface area contributed by atoms with Crippen LogP contribution in [0.1, 0.15) is 34.8 Å². The monoisotopic (exact) mass is 411 g/mol. The number of anilines is 1. The van der Waals surface area contributed by atoms with Gasteiger partial charge in [0.25, 0.3) is 11.6 Å². The van der Waals surface area contributed by atoms with Gasteiger partial charge in [-0.1, -0.05) is 30.3 Å². The fourth-order valence-electron chi connectivity index (χ4n) is 3.73. The molecular weight excluding hydrogens is 384 g/mol. The fourth-order valence-corrected chi connectivity index (χ4v) is 3.73. The van der Waals surface area contributed by atoms with Gasteiger partial charge >= 0.3 is 0 Å². The number of hydrogen-bond donors (Lipinski definition) is 3. The number of nitro groups is 1. The molecule has 1 saturated heterocycles. The molecule has 1 saturated carbocycles. The Balaban J connectivity index is 1.52. The molecule has 4 rings (SSSR count). The minimum atomic E-state index is -0.436. The van der Waals surface area contributed by atoms with Crippen molar-refractivity contribution in [2.45, 2.75) is 24.9 Å². The molecule has 1 aliphatic carbocycles. The summed E-state index contributed by atoms with van der Waals surface area (Å²) < 4.78 is 5.44. The van der Waals surface area contributed by atoms with Crippen LogP contribution in [0.3, 0.4) is 0 Å². The summed E-state index contributed by atoms with van der Waals surface area (Å²) in [6, 6.07) is 14.6. The van der Waals surface area contributed by atoms with Crippen LogP contribution in [-0.4, -0.2) is 49.7 Å². The Morgan fingerprint density at radius 2 is 1.90 bits per heavy atom. The lowest BCUT2D eigenvalue weighted by molar-refractivity contribution is -0.909. The third-order valence-electron chi connectivity index (χ3n) is 5.59. The largest absolute Gasteiger partial charge is 0.377 e. The highest BCUT2D eigenvalue weighted by Gasteiger charge is 2.27. The summed E-state index contributed by atoms with van der Waals surface area (Å²) in [6.07, 6.45) is 2.03. The highest BCUT2D eigenvalue weighted by atomic mass is 16.6. The van der Waals surface area contributed by atoms with Gasteiger partial charge in [0.2, 0.25) is 0 Å². The van der Waals surface area contributed by atoms with Crippen molar-refractivity contribution in [2.24, 2.45) is 0 Å². The second kappa shape index (κ2) is 9.23. The van der Waals surface area contributed by atoms with Crippen molar-refractivity contribution in [1.29, 1.82) is 0 Å².